The SMILES string of the molecule is COc1ccccc1Cc1nc([C@@H]2CCCCN2)n(CC(F)(F)F)n1. The highest BCUT2D eigenvalue weighted by molar-refractivity contribution is 5.35. The largest absolute Gasteiger partial charge is 0.496 e. The lowest BCUT2D eigenvalue weighted by Crippen LogP contribution is -2.31. The van der Waals surface area contributed by atoms with Crippen LogP contribution in [0.15, 0.2) is 24.3 Å². The third kappa shape index (κ3) is 4.50. The van der Waals surface area contributed by atoms with Crippen molar-refractivity contribution in [3.8, 4) is 5.75 Å². The number of rotatable bonds is 5. The molecule has 0 aliphatic carbocycles. The normalized spacial score (nSPS) is 18.3. The Balaban J connectivity index is 1.89. The molecule has 2 heterocycles. The standard InChI is InChI=1S/C17H21F3N4O/c1-25-14-8-3-2-6-12(14)10-15-22-16(13-7-4-5-9-21-13)24(23-15)11-17(18,19)20/h2-3,6,8,13,21H,4-5,7,9-11H2,1H3/t13-/m0/s1. The van der Waals surface area contributed by atoms with Crippen LogP contribution < -0.4 is 10.1 Å². The molecule has 1 aromatic heterocycles. The molecule has 0 spiro atoms. The zero-order valence-electron chi connectivity index (χ0n) is 14.0. The van der Waals surface area contributed by atoms with Crippen LogP contribution in [-0.2, 0) is 13.0 Å². The fourth-order valence-electron chi connectivity index (χ4n) is 3.11. The van der Waals surface area contributed by atoms with Gasteiger partial charge in [-0.05, 0) is 25.5 Å². The summed E-state index contributed by atoms with van der Waals surface area (Å²) in [6.45, 7) is -0.342. The fraction of sp³-hybridized carbons (Fsp3) is 0.529. The highest BCUT2D eigenvalue weighted by Gasteiger charge is 2.32. The van der Waals surface area contributed by atoms with E-state index < -0.39 is 12.7 Å². The van der Waals surface area contributed by atoms with Crippen LogP contribution in [0, 0.1) is 0 Å². The average molecular weight is 354 g/mol. The molecule has 0 bridgehead atoms. The van der Waals surface area contributed by atoms with Crippen LogP contribution >= 0.6 is 0 Å². The molecule has 1 fully saturated rings. The van der Waals surface area contributed by atoms with E-state index in [-0.39, 0.29) is 6.04 Å². The lowest BCUT2D eigenvalue weighted by molar-refractivity contribution is -0.143. The van der Waals surface area contributed by atoms with Crippen molar-refractivity contribution in [1.29, 1.82) is 0 Å². The monoisotopic (exact) mass is 354 g/mol. The van der Waals surface area contributed by atoms with E-state index >= 15 is 0 Å². The summed E-state index contributed by atoms with van der Waals surface area (Å²) in [5.41, 5.74) is 0.845. The van der Waals surface area contributed by atoms with Crippen molar-refractivity contribution in [2.24, 2.45) is 0 Å². The molecule has 1 aliphatic rings. The Labute approximate surface area is 144 Å². The highest BCUT2D eigenvalue weighted by Crippen LogP contribution is 2.26. The Morgan fingerprint density at radius 1 is 1.28 bits per heavy atom. The molecule has 0 saturated carbocycles. The summed E-state index contributed by atoms with van der Waals surface area (Å²) in [7, 11) is 1.56. The Kier molecular flexibility index (Phi) is 5.27. The van der Waals surface area contributed by atoms with Gasteiger partial charge in [-0.2, -0.15) is 18.3 Å². The average Bonchev–Trinajstić information content (AvgIpc) is 2.96. The van der Waals surface area contributed by atoms with Crippen molar-refractivity contribution in [2.45, 2.75) is 44.4 Å². The minimum atomic E-state index is -4.33. The zero-order chi connectivity index (χ0) is 17.9. The number of benzene rings is 1. The molecule has 0 unspecified atom stereocenters. The van der Waals surface area contributed by atoms with Gasteiger partial charge in [-0.25, -0.2) is 9.67 Å². The molecule has 0 radical (unpaired) electrons. The predicted molar refractivity (Wildman–Crippen MR) is 86.5 cm³/mol. The summed E-state index contributed by atoms with van der Waals surface area (Å²) in [4.78, 5) is 4.42. The van der Waals surface area contributed by atoms with Gasteiger partial charge in [0.05, 0.1) is 13.2 Å². The van der Waals surface area contributed by atoms with E-state index in [1.165, 1.54) is 0 Å². The lowest BCUT2D eigenvalue weighted by Gasteiger charge is -2.23. The third-order valence-electron chi connectivity index (χ3n) is 4.24. The van der Waals surface area contributed by atoms with Crippen LogP contribution in [0.1, 0.15) is 42.5 Å². The number of aromatic nitrogens is 3. The van der Waals surface area contributed by atoms with Gasteiger partial charge in [0.2, 0.25) is 0 Å². The zero-order valence-corrected chi connectivity index (χ0v) is 14.0. The van der Waals surface area contributed by atoms with Crippen LogP contribution in [0.25, 0.3) is 0 Å². The smallest absolute Gasteiger partial charge is 0.408 e. The minimum Gasteiger partial charge on any atom is -0.496 e. The summed E-state index contributed by atoms with van der Waals surface area (Å²) in [5, 5.41) is 7.38. The first-order valence-corrected chi connectivity index (χ1v) is 8.32. The summed E-state index contributed by atoms with van der Waals surface area (Å²) >= 11 is 0. The van der Waals surface area contributed by atoms with Gasteiger partial charge in [0.1, 0.15) is 18.1 Å². The maximum Gasteiger partial charge on any atom is 0.408 e. The van der Waals surface area contributed by atoms with Gasteiger partial charge in [-0.1, -0.05) is 24.6 Å². The molecule has 1 atom stereocenters. The molecule has 25 heavy (non-hydrogen) atoms. The van der Waals surface area contributed by atoms with Crippen LogP contribution in [0.2, 0.25) is 0 Å². The molecule has 1 aromatic carbocycles. The highest BCUT2D eigenvalue weighted by atomic mass is 19.4. The number of methoxy groups -OCH3 is 1. The van der Waals surface area contributed by atoms with Crippen LogP contribution in [-0.4, -0.2) is 34.6 Å². The molecule has 1 aliphatic heterocycles. The molecule has 5 nitrogen and oxygen atoms in total. The van der Waals surface area contributed by atoms with E-state index in [1.54, 1.807) is 7.11 Å². The molecular weight excluding hydrogens is 333 g/mol. The summed E-state index contributed by atoms with van der Waals surface area (Å²) in [6, 6.07) is 7.19. The van der Waals surface area contributed by atoms with Gasteiger partial charge in [0, 0.05) is 12.0 Å². The summed E-state index contributed by atoms with van der Waals surface area (Å²) in [6.07, 6.45) is -1.24. The molecule has 8 heteroatoms. The van der Waals surface area contributed by atoms with Crippen molar-refractivity contribution in [1.82, 2.24) is 20.1 Å². The van der Waals surface area contributed by atoms with Gasteiger partial charge in [0.25, 0.3) is 0 Å². The minimum absolute atomic E-state index is 0.185. The van der Waals surface area contributed by atoms with Crippen molar-refractivity contribution in [3.63, 3.8) is 0 Å². The second-order valence-corrected chi connectivity index (χ2v) is 6.15. The number of piperidine rings is 1. The molecular formula is C17H21F3N4O. The van der Waals surface area contributed by atoms with Gasteiger partial charge in [-0.15, -0.1) is 0 Å². The number of nitrogens with one attached hydrogen (secondary N) is 1. The molecule has 2 aromatic rings. The Morgan fingerprint density at radius 3 is 2.76 bits per heavy atom. The van der Waals surface area contributed by atoms with Gasteiger partial charge in [0.15, 0.2) is 5.82 Å². The van der Waals surface area contributed by atoms with Crippen molar-refractivity contribution in [3.05, 3.63) is 41.5 Å². The Bertz CT molecular complexity index is 708. The maximum atomic E-state index is 12.9. The number of nitrogens with zero attached hydrogens (tertiary/aromatic N) is 3. The summed E-state index contributed by atoms with van der Waals surface area (Å²) in [5.74, 6) is 1.41. The van der Waals surface area contributed by atoms with E-state index in [4.69, 9.17) is 4.74 Å². The molecule has 3 rings (SSSR count). The van der Waals surface area contributed by atoms with Crippen LogP contribution in [0.3, 0.4) is 0 Å². The first-order valence-electron chi connectivity index (χ1n) is 8.32. The quantitative estimate of drug-likeness (QED) is 0.896. The van der Waals surface area contributed by atoms with Crippen LogP contribution in [0.4, 0.5) is 13.2 Å². The number of halogens is 3. The Hall–Kier alpha value is -2.09. The molecule has 136 valence electrons. The van der Waals surface area contributed by atoms with Crippen molar-refractivity contribution >= 4 is 0 Å². The Morgan fingerprint density at radius 2 is 2.08 bits per heavy atom. The van der Waals surface area contributed by atoms with E-state index in [1.807, 2.05) is 24.3 Å². The second-order valence-electron chi connectivity index (χ2n) is 6.15. The number of para-hydroxylation sites is 1. The van der Waals surface area contributed by atoms with Crippen molar-refractivity contribution in [2.75, 3.05) is 13.7 Å². The van der Waals surface area contributed by atoms with E-state index in [9.17, 15) is 13.2 Å². The van der Waals surface area contributed by atoms with Gasteiger partial charge >= 0.3 is 6.18 Å². The molecule has 1 N–H and O–H groups in total. The fourth-order valence-corrected chi connectivity index (χ4v) is 3.11. The number of ether oxygens (including phenoxy) is 1. The van der Waals surface area contributed by atoms with E-state index in [0.717, 1.165) is 36.1 Å². The predicted octanol–water partition coefficient (Wildman–Crippen LogP) is 3.25. The number of hydrogen-bond donors (Lipinski definition) is 1. The second kappa shape index (κ2) is 7.43. The number of alkyl halides is 3. The van der Waals surface area contributed by atoms with Gasteiger partial charge < -0.3 is 10.1 Å². The lowest BCUT2D eigenvalue weighted by atomic mass is 10.0. The molecule has 0 amide bonds. The maximum absolute atomic E-state index is 12.9. The number of hydrogen-bond acceptors (Lipinski definition) is 4. The van der Waals surface area contributed by atoms with Crippen LogP contribution in [0.5, 0.6) is 5.75 Å². The van der Waals surface area contributed by atoms with Crippen molar-refractivity contribution < 1.29 is 17.9 Å². The van der Waals surface area contributed by atoms with Gasteiger partial charge in [-0.3, -0.25) is 0 Å². The molecule has 1 saturated heterocycles. The topological polar surface area (TPSA) is 52.0 Å². The third-order valence-corrected chi connectivity index (χ3v) is 4.24. The first kappa shape index (κ1) is 17.7. The summed E-state index contributed by atoms with van der Waals surface area (Å²) < 4.78 is 45.0. The first-order chi connectivity index (χ1) is 12.0. The van der Waals surface area contributed by atoms with E-state index in [0.29, 0.717) is 23.8 Å². The van der Waals surface area contributed by atoms with E-state index in [2.05, 4.69) is 15.4 Å².